The van der Waals surface area contributed by atoms with Crippen molar-refractivity contribution in [3.63, 3.8) is 0 Å². The van der Waals surface area contributed by atoms with E-state index in [1.54, 1.807) is 31.2 Å². The topological polar surface area (TPSA) is 156 Å². The van der Waals surface area contributed by atoms with Gasteiger partial charge in [0, 0.05) is 38.5 Å². The Balaban J connectivity index is 2.14. The molecule has 0 aliphatic carbocycles. The Bertz CT molecular complexity index is 1280. The molecule has 0 spiro atoms. The lowest BCUT2D eigenvalue weighted by atomic mass is 9.90. The molecule has 0 aliphatic rings. The third-order valence-electron chi connectivity index (χ3n) is 7.44. The number of hydrogen-bond donors (Lipinski definition) is 3. The molecule has 2 amide bonds. The van der Waals surface area contributed by atoms with Gasteiger partial charge in [-0.05, 0) is 42.9 Å². The van der Waals surface area contributed by atoms with Crippen molar-refractivity contribution in [2.24, 2.45) is 5.92 Å². The summed E-state index contributed by atoms with van der Waals surface area (Å²) in [5.74, 6) is -3.45. The maximum Gasteiger partial charge on any atom is 0.303 e. The normalized spacial score (nSPS) is 12.8. The van der Waals surface area contributed by atoms with Gasteiger partial charge in [0.15, 0.2) is 11.6 Å². The first-order valence-corrected chi connectivity index (χ1v) is 15.6. The van der Waals surface area contributed by atoms with Crippen molar-refractivity contribution in [1.82, 2.24) is 10.6 Å². The van der Waals surface area contributed by atoms with Crippen LogP contribution in [0.3, 0.4) is 0 Å². The smallest absolute Gasteiger partial charge is 0.303 e. The van der Waals surface area contributed by atoms with Gasteiger partial charge in [0.25, 0.3) is 0 Å². The molecule has 2 aromatic rings. The minimum atomic E-state index is -0.998. The number of esters is 1. The number of Topliss-reactive ketones (excluding diaryl/α,β-unsaturated/α-hetero) is 2. The highest BCUT2D eigenvalue weighted by Gasteiger charge is 2.29. The highest BCUT2D eigenvalue weighted by atomic mass is 16.5. The van der Waals surface area contributed by atoms with Gasteiger partial charge in [-0.15, -0.1) is 0 Å². The standard InChI is InChI=1S/C35H46N2O8/c1-4-5-7-13-30(32(40)21-27-16-18-28(19-17-27)23-45-25(3)38)37-35(44)29(20-26-11-8-6-9-12-26)22-31(39)24(2)36-33(41)14-10-15-34(42)43/h6,8-9,11-12,16-19,24,29-30H,4-5,7,10,13-15,20-23H2,1-3H3,(H,36,41)(H,37,44)(H,42,43)/t24-,29-,30+/m1/s1. The van der Waals surface area contributed by atoms with E-state index in [9.17, 15) is 28.8 Å². The number of aliphatic carboxylic acids is 1. The molecule has 45 heavy (non-hydrogen) atoms. The predicted octanol–water partition coefficient (Wildman–Crippen LogP) is 4.50. The number of carbonyl (C=O) groups is 6. The molecule has 0 saturated heterocycles. The zero-order valence-corrected chi connectivity index (χ0v) is 26.5. The molecular weight excluding hydrogens is 576 g/mol. The van der Waals surface area contributed by atoms with E-state index in [-0.39, 0.29) is 62.7 Å². The van der Waals surface area contributed by atoms with E-state index in [1.165, 1.54) is 6.92 Å². The fraction of sp³-hybridized carbons (Fsp3) is 0.486. The fourth-order valence-corrected chi connectivity index (χ4v) is 4.83. The average Bonchev–Trinajstić information content (AvgIpc) is 3.00. The maximum absolute atomic E-state index is 13.7. The van der Waals surface area contributed by atoms with Crippen molar-refractivity contribution >= 4 is 35.3 Å². The van der Waals surface area contributed by atoms with Crippen LogP contribution in [0, 0.1) is 5.92 Å². The zero-order valence-electron chi connectivity index (χ0n) is 26.5. The highest BCUT2D eigenvalue weighted by Crippen LogP contribution is 2.17. The second-order valence-corrected chi connectivity index (χ2v) is 11.4. The molecule has 0 fully saturated rings. The summed E-state index contributed by atoms with van der Waals surface area (Å²) < 4.78 is 5.02. The molecule has 0 aliphatic heterocycles. The lowest BCUT2D eigenvalue weighted by molar-refractivity contribution is -0.142. The van der Waals surface area contributed by atoms with E-state index in [0.717, 1.165) is 36.0 Å². The summed E-state index contributed by atoms with van der Waals surface area (Å²) in [6.45, 7) is 5.09. The lowest BCUT2D eigenvalue weighted by Crippen LogP contribution is -2.46. The van der Waals surface area contributed by atoms with E-state index in [0.29, 0.717) is 6.42 Å². The molecule has 244 valence electrons. The Morgan fingerprint density at radius 2 is 1.47 bits per heavy atom. The molecule has 3 atom stereocenters. The van der Waals surface area contributed by atoms with E-state index in [4.69, 9.17) is 9.84 Å². The maximum atomic E-state index is 13.7. The van der Waals surface area contributed by atoms with Crippen LogP contribution in [0.1, 0.15) is 88.8 Å². The Hall–Kier alpha value is -4.34. The van der Waals surface area contributed by atoms with Crippen molar-refractivity contribution in [1.29, 1.82) is 0 Å². The number of carbonyl (C=O) groups excluding carboxylic acids is 5. The number of unbranched alkanes of at least 4 members (excludes halogenated alkanes) is 2. The predicted molar refractivity (Wildman–Crippen MR) is 169 cm³/mol. The summed E-state index contributed by atoms with van der Waals surface area (Å²) >= 11 is 0. The molecule has 10 heteroatoms. The minimum Gasteiger partial charge on any atom is -0.481 e. The van der Waals surface area contributed by atoms with Crippen LogP contribution in [0.5, 0.6) is 0 Å². The molecule has 0 unspecified atom stereocenters. The quantitative estimate of drug-likeness (QED) is 0.136. The summed E-state index contributed by atoms with van der Waals surface area (Å²) in [6.07, 6.45) is 3.31. The first kappa shape index (κ1) is 36.8. The fourth-order valence-electron chi connectivity index (χ4n) is 4.83. The number of benzene rings is 2. The molecule has 0 aromatic heterocycles. The van der Waals surface area contributed by atoms with Gasteiger partial charge in [-0.25, -0.2) is 0 Å². The van der Waals surface area contributed by atoms with Gasteiger partial charge in [0.2, 0.25) is 11.8 Å². The molecule has 0 heterocycles. The van der Waals surface area contributed by atoms with Gasteiger partial charge < -0.3 is 20.5 Å². The third kappa shape index (κ3) is 14.8. The monoisotopic (exact) mass is 622 g/mol. The van der Waals surface area contributed by atoms with Gasteiger partial charge >= 0.3 is 11.9 Å². The van der Waals surface area contributed by atoms with Crippen LogP contribution in [0.2, 0.25) is 0 Å². The summed E-state index contributed by atoms with van der Waals surface area (Å²) in [5, 5.41) is 14.3. The van der Waals surface area contributed by atoms with Gasteiger partial charge in [0.1, 0.15) is 6.61 Å². The van der Waals surface area contributed by atoms with Crippen LogP contribution in [0.4, 0.5) is 0 Å². The van der Waals surface area contributed by atoms with E-state index < -0.39 is 35.8 Å². The first-order chi connectivity index (χ1) is 21.5. The largest absolute Gasteiger partial charge is 0.481 e. The van der Waals surface area contributed by atoms with E-state index in [1.807, 2.05) is 30.3 Å². The molecule has 0 bridgehead atoms. The Labute approximate surface area is 265 Å². The first-order valence-electron chi connectivity index (χ1n) is 15.6. The van der Waals surface area contributed by atoms with Crippen molar-refractivity contribution in [3.8, 4) is 0 Å². The number of hydrogen-bond acceptors (Lipinski definition) is 7. The summed E-state index contributed by atoms with van der Waals surface area (Å²) in [4.78, 5) is 74.4. The second kappa shape index (κ2) is 19.8. The Morgan fingerprint density at radius 1 is 0.800 bits per heavy atom. The van der Waals surface area contributed by atoms with Crippen LogP contribution >= 0.6 is 0 Å². The second-order valence-electron chi connectivity index (χ2n) is 11.4. The number of rotatable bonds is 21. The minimum absolute atomic E-state index is 0.0195. The van der Waals surface area contributed by atoms with Crippen molar-refractivity contribution in [2.75, 3.05) is 0 Å². The summed E-state index contributed by atoms with van der Waals surface area (Å²) in [6, 6.07) is 14.9. The van der Waals surface area contributed by atoms with Gasteiger partial charge in [-0.1, -0.05) is 80.8 Å². The molecule has 0 radical (unpaired) electrons. The third-order valence-corrected chi connectivity index (χ3v) is 7.44. The summed E-state index contributed by atoms with van der Waals surface area (Å²) in [5.41, 5.74) is 2.43. The van der Waals surface area contributed by atoms with Gasteiger partial charge in [0.05, 0.1) is 12.1 Å². The molecule has 3 N–H and O–H groups in total. The van der Waals surface area contributed by atoms with E-state index in [2.05, 4.69) is 17.6 Å². The van der Waals surface area contributed by atoms with Crippen LogP contribution < -0.4 is 10.6 Å². The van der Waals surface area contributed by atoms with Crippen LogP contribution in [0.25, 0.3) is 0 Å². The molecule has 10 nitrogen and oxygen atoms in total. The van der Waals surface area contributed by atoms with E-state index >= 15 is 0 Å². The molecule has 2 rings (SSSR count). The van der Waals surface area contributed by atoms with Crippen LogP contribution in [0.15, 0.2) is 54.6 Å². The summed E-state index contributed by atoms with van der Waals surface area (Å²) in [7, 11) is 0. The highest BCUT2D eigenvalue weighted by molar-refractivity contribution is 5.94. The zero-order chi connectivity index (χ0) is 33.2. The SMILES string of the molecule is CCCCC[C@H](NC(=O)[C@@H](CC(=O)[C@@H](C)NC(=O)CCCC(=O)O)Cc1ccccc1)C(=O)Cc1ccc(COC(C)=O)cc1. The number of amides is 2. The van der Waals surface area contributed by atoms with Crippen molar-refractivity contribution in [3.05, 3.63) is 71.3 Å². The average molecular weight is 623 g/mol. The molecule has 2 aromatic carbocycles. The number of nitrogens with one attached hydrogen (secondary N) is 2. The van der Waals surface area contributed by atoms with Crippen molar-refractivity contribution < 1.29 is 38.6 Å². The Kier molecular flexibility index (Phi) is 16.2. The lowest BCUT2D eigenvalue weighted by Gasteiger charge is -2.23. The van der Waals surface area contributed by atoms with Crippen LogP contribution in [-0.2, 0) is 53.0 Å². The van der Waals surface area contributed by atoms with Gasteiger partial charge in [-0.3, -0.25) is 28.8 Å². The van der Waals surface area contributed by atoms with Gasteiger partial charge in [-0.2, -0.15) is 0 Å². The number of carboxylic acids is 1. The van der Waals surface area contributed by atoms with Crippen molar-refractivity contribution in [2.45, 2.75) is 104 Å². The Morgan fingerprint density at radius 3 is 2.09 bits per heavy atom. The van der Waals surface area contributed by atoms with Crippen LogP contribution in [-0.4, -0.2) is 52.5 Å². The number of carboxylic acid groups (broad SMARTS) is 1. The number of ketones is 2. The number of ether oxygens (including phenoxy) is 1. The molecule has 0 saturated carbocycles. The molecular formula is C35H46N2O8.